The minimum atomic E-state index is -0.573. The van der Waals surface area contributed by atoms with Crippen molar-refractivity contribution in [1.82, 2.24) is 5.32 Å². The first kappa shape index (κ1) is 13.3. The molecule has 0 saturated heterocycles. The first-order valence-electron chi connectivity index (χ1n) is 5.59. The highest BCUT2D eigenvalue weighted by atomic mass is 32.2. The molecule has 0 bridgehead atoms. The number of nitrogens with one attached hydrogen (secondary N) is 1. The topological polar surface area (TPSA) is 52.5 Å². The van der Waals surface area contributed by atoms with Gasteiger partial charge < -0.3 is 15.5 Å². The smallest absolute Gasteiger partial charge is 0.0861 e. The highest BCUT2D eigenvalue weighted by molar-refractivity contribution is 8.00. The monoisotopic (exact) mass is 233 g/mol. The average Bonchev–Trinajstić information content (AvgIpc) is 2.49. The summed E-state index contributed by atoms with van der Waals surface area (Å²) in [5.41, 5.74) is 0.344. The highest BCUT2D eigenvalue weighted by Crippen LogP contribution is 2.42. The maximum absolute atomic E-state index is 9.32. The van der Waals surface area contributed by atoms with E-state index in [4.69, 9.17) is 5.11 Å². The van der Waals surface area contributed by atoms with E-state index >= 15 is 0 Å². The first-order chi connectivity index (χ1) is 7.01. The van der Waals surface area contributed by atoms with E-state index in [-0.39, 0.29) is 6.61 Å². The molecule has 0 aromatic rings. The second-order valence-corrected chi connectivity index (χ2v) is 6.27. The van der Waals surface area contributed by atoms with Crippen molar-refractivity contribution < 1.29 is 10.2 Å². The van der Waals surface area contributed by atoms with Gasteiger partial charge in [-0.05, 0) is 25.3 Å². The number of aliphatic hydroxyl groups is 2. The van der Waals surface area contributed by atoms with Gasteiger partial charge in [0.25, 0.3) is 0 Å². The molecule has 3 unspecified atom stereocenters. The largest absolute Gasteiger partial charge is 0.394 e. The average molecular weight is 233 g/mol. The predicted octanol–water partition coefficient (Wildman–Crippen LogP) is 0.849. The van der Waals surface area contributed by atoms with E-state index in [2.05, 4.69) is 19.2 Å². The molecule has 0 aliphatic heterocycles. The molecule has 3 nitrogen and oxygen atoms in total. The van der Waals surface area contributed by atoms with Crippen molar-refractivity contribution >= 4 is 11.8 Å². The van der Waals surface area contributed by atoms with Crippen LogP contribution in [0.1, 0.15) is 26.7 Å². The standard InChI is InChI=1S/C11H23NO2S/c1-11(2)5-4-9(10(11)12-3)15-7-8(14)6-13/h8-10,12-14H,4-7H2,1-3H3. The zero-order chi connectivity index (χ0) is 11.5. The van der Waals surface area contributed by atoms with Gasteiger partial charge in [0.15, 0.2) is 0 Å². The van der Waals surface area contributed by atoms with Crippen molar-refractivity contribution in [3.8, 4) is 0 Å². The summed E-state index contributed by atoms with van der Waals surface area (Å²) in [7, 11) is 2.01. The fourth-order valence-corrected chi connectivity index (χ4v) is 3.94. The summed E-state index contributed by atoms with van der Waals surface area (Å²) >= 11 is 1.78. The SMILES string of the molecule is CNC1C(SCC(O)CO)CCC1(C)C. The molecule has 0 amide bonds. The molecule has 0 radical (unpaired) electrons. The molecule has 15 heavy (non-hydrogen) atoms. The third-order valence-corrected chi connectivity index (χ3v) is 4.82. The molecule has 90 valence electrons. The Morgan fingerprint density at radius 3 is 2.73 bits per heavy atom. The molecule has 1 fully saturated rings. The molecule has 0 aromatic carbocycles. The van der Waals surface area contributed by atoms with E-state index in [9.17, 15) is 5.11 Å². The van der Waals surface area contributed by atoms with Crippen molar-refractivity contribution in [2.45, 2.75) is 44.1 Å². The van der Waals surface area contributed by atoms with E-state index in [1.807, 2.05) is 7.05 Å². The Balaban J connectivity index is 2.42. The number of hydrogen-bond acceptors (Lipinski definition) is 4. The van der Waals surface area contributed by atoms with Crippen molar-refractivity contribution in [2.75, 3.05) is 19.4 Å². The fourth-order valence-electron chi connectivity index (χ4n) is 2.38. The van der Waals surface area contributed by atoms with Crippen LogP contribution in [0.5, 0.6) is 0 Å². The molecule has 0 aromatic heterocycles. The van der Waals surface area contributed by atoms with Gasteiger partial charge in [0, 0.05) is 17.0 Å². The van der Waals surface area contributed by atoms with Gasteiger partial charge in [-0.15, -0.1) is 0 Å². The molecule has 3 atom stereocenters. The van der Waals surface area contributed by atoms with Gasteiger partial charge in [-0.25, -0.2) is 0 Å². The summed E-state index contributed by atoms with van der Waals surface area (Å²) in [6.45, 7) is 4.45. The van der Waals surface area contributed by atoms with Gasteiger partial charge >= 0.3 is 0 Å². The van der Waals surface area contributed by atoms with Crippen molar-refractivity contribution in [3.05, 3.63) is 0 Å². The number of aliphatic hydroxyl groups excluding tert-OH is 2. The summed E-state index contributed by atoms with van der Waals surface area (Å²) in [5, 5.41) is 22.0. The summed E-state index contributed by atoms with van der Waals surface area (Å²) in [4.78, 5) is 0. The molecule has 0 heterocycles. The minimum Gasteiger partial charge on any atom is -0.394 e. The van der Waals surface area contributed by atoms with Gasteiger partial charge in [0.05, 0.1) is 12.7 Å². The third-order valence-electron chi connectivity index (χ3n) is 3.31. The van der Waals surface area contributed by atoms with Crippen LogP contribution >= 0.6 is 11.8 Å². The number of thioether (sulfide) groups is 1. The van der Waals surface area contributed by atoms with E-state index in [1.54, 1.807) is 11.8 Å². The van der Waals surface area contributed by atoms with E-state index < -0.39 is 6.10 Å². The Morgan fingerprint density at radius 2 is 2.20 bits per heavy atom. The van der Waals surface area contributed by atoms with Crippen LogP contribution in [-0.2, 0) is 0 Å². The van der Waals surface area contributed by atoms with E-state index in [0.717, 1.165) is 0 Å². The summed E-state index contributed by atoms with van der Waals surface area (Å²) in [6.07, 6.45) is 1.85. The van der Waals surface area contributed by atoms with Crippen LogP contribution in [0.25, 0.3) is 0 Å². The molecule has 3 N–H and O–H groups in total. The Morgan fingerprint density at radius 1 is 1.53 bits per heavy atom. The molecule has 0 spiro atoms. The zero-order valence-corrected chi connectivity index (χ0v) is 10.7. The molecule has 1 aliphatic rings. The minimum absolute atomic E-state index is 0.132. The van der Waals surface area contributed by atoms with Gasteiger partial charge in [-0.1, -0.05) is 13.8 Å². The highest BCUT2D eigenvalue weighted by Gasteiger charge is 2.41. The van der Waals surface area contributed by atoms with Crippen molar-refractivity contribution in [2.24, 2.45) is 5.41 Å². The molecular weight excluding hydrogens is 210 g/mol. The van der Waals surface area contributed by atoms with Crippen LogP contribution in [0, 0.1) is 5.41 Å². The summed E-state index contributed by atoms with van der Waals surface area (Å²) in [5.74, 6) is 0.634. The van der Waals surface area contributed by atoms with Crippen LogP contribution in [0.4, 0.5) is 0 Å². The normalized spacial score (nSPS) is 31.8. The summed E-state index contributed by atoms with van der Waals surface area (Å²) in [6, 6.07) is 0.508. The fraction of sp³-hybridized carbons (Fsp3) is 1.00. The predicted molar refractivity (Wildman–Crippen MR) is 65.2 cm³/mol. The van der Waals surface area contributed by atoms with Crippen LogP contribution < -0.4 is 5.32 Å². The van der Waals surface area contributed by atoms with Crippen LogP contribution in [0.3, 0.4) is 0 Å². The molecule has 1 rings (SSSR count). The Kier molecular flexibility index (Phi) is 4.90. The van der Waals surface area contributed by atoms with Gasteiger partial charge in [-0.2, -0.15) is 11.8 Å². The Hall–Kier alpha value is 0.230. The third kappa shape index (κ3) is 3.34. The van der Waals surface area contributed by atoms with Gasteiger partial charge in [0.2, 0.25) is 0 Å². The lowest BCUT2D eigenvalue weighted by molar-refractivity contribution is 0.113. The van der Waals surface area contributed by atoms with Gasteiger partial charge in [0.1, 0.15) is 0 Å². The Bertz CT molecular complexity index is 199. The maximum atomic E-state index is 9.32. The zero-order valence-electron chi connectivity index (χ0n) is 9.86. The lowest BCUT2D eigenvalue weighted by Crippen LogP contribution is -2.41. The molecule has 1 aliphatic carbocycles. The van der Waals surface area contributed by atoms with Crippen molar-refractivity contribution in [1.29, 1.82) is 0 Å². The lowest BCUT2D eigenvalue weighted by atomic mass is 9.87. The second-order valence-electron chi connectivity index (χ2n) is 5.00. The first-order valence-corrected chi connectivity index (χ1v) is 6.64. The number of rotatable bonds is 5. The van der Waals surface area contributed by atoms with Gasteiger partial charge in [-0.3, -0.25) is 0 Å². The quantitative estimate of drug-likeness (QED) is 0.659. The summed E-state index contributed by atoms with van der Waals surface area (Å²) < 4.78 is 0. The maximum Gasteiger partial charge on any atom is 0.0861 e. The lowest BCUT2D eigenvalue weighted by Gasteiger charge is -2.30. The molecular formula is C11H23NO2S. The van der Waals surface area contributed by atoms with E-state index in [0.29, 0.717) is 22.5 Å². The molecule has 4 heteroatoms. The second kappa shape index (κ2) is 5.53. The Labute approximate surface area is 96.6 Å². The van der Waals surface area contributed by atoms with Crippen LogP contribution in [0.15, 0.2) is 0 Å². The number of hydrogen-bond donors (Lipinski definition) is 3. The van der Waals surface area contributed by atoms with Crippen LogP contribution in [0.2, 0.25) is 0 Å². The van der Waals surface area contributed by atoms with Crippen molar-refractivity contribution in [3.63, 3.8) is 0 Å². The molecule has 1 saturated carbocycles. The van der Waals surface area contributed by atoms with Crippen LogP contribution in [-0.4, -0.2) is 47.0 Å². The van der Waals surface area contributed by atoms with E-state index in [1.165, 1.54) is 12.8 Å².